The summed E-state index contributed by atoms with van der Waals surface area (Å²) >= 11 is 1.39. The number of carbonyl (C=O) groups is 2. The predicted octanol–water partition coefficient (Wildman–Crippen LogP) is 2.01. The first-order valence-corrected chi connectivity index (χ1v) is 6.73. The largest absolute Gasteiger partial charge is 0.497 e. The quantitative estimate of drug-likeness (QED) is 0.809. The Morgan fingerprint density at radius 2 is 1.84 bits per heavy atom. The highest BCUT2D eigenvalue weighted by Crippen LogP contribution is 2.29. The maximum Gasteiger partial charge on any atom is 0.318 e. The molecule has 0 saturated heterocycles. The molecule has 1 atom stereocenters. The summed E-state index contributed by atoms with van der Waals surface area (Å²) in [5, 5.41) is 1.75. The lowest BCUT2D eigenvalue weighted by molar-refractivity contribution is -0.120. The number of amides is 3. The standard InChI is InChI=1S/C13H18N2O3S/c1-8(2)11(12(16)15-13(14)17)19-10-6-4-9(18-3)5-7-10/h4-8,11H,1-3H3,(H3,14,15,16,17). The number of thioether (sulfide) groups is 1. The number of ether oxygens (including phenoxy) is 1. The lowest BCUT2D eigenvalue weighted by Gasteiger charge is -2.18. The molecule has 0 bridgehead atoms. The first-order chi connectivity index (χ1) is 8.93. The Hall–Kier alpha value is -1.69. The average molecular weight is 282 g/mol. The van der Waals surface area contributed by atoms with Gasteiger partial charge in [0.05, 0.1) is 12.4 Å². The van der Waals surface area contributed by atoms with Crippen LogP contribution in [0, 0.1) is 5.92 Å². The van der Waals surface area contributed by atoms with Gasteiger partial charge in [0.1, 0.15) is 5.75 Å². The topological polar surface area (TPSA) is 81.4 Å². The minimum absolute atomic E-state index is 0.0754. The van der Waals surface area contributed by atoms with E-state index in [9.17, 15) is 9.59 Å². The molecule has 1 aromatic rings. The highest BCUT2D eigenvalue weighted by molar-refractivity contribution is 8.00. The molecule has 19 heavy (non-hydrogen) atoms. The second-order valence-electron chi connectivity index (χ2n) is 4.31. The van der Waals surface area contributed by atoms with Gasteiger partial charge in [-0.3, -0.25) is 10.1 Å². The van der Waals surface area contributed by atoms with Crippen LogP contribution >= 0.6 is 11.8 Å². The second-order valence-corrected chi connectivity index (χ2v) is 5.53. The van der Waals surface area contributed by atoms with Crippen molar-refractivity contribution in [3.63, 3.8) is 0 Å². The molecule has 6 heteroatoms. The number of urea groups is 1. The molecule has 0 aliphatic heterocycles. The molecular weight excluding hydrogens is 264 g/mol. The normalized spacial score (nSPS) is 12.0. The summed E-state index contributed by atoms with van der Waals surface area (Å²) in [6.07, 6.45) is 0. The number of primary amides is 1. The van der Waals surface area contributed by atoms with E-state index in [4.69, 9.17) is 10.5 Å². The number of benzene rings is 1. The smallest absolute Gasteiger partial charge is 0.318 e. The maximum atomic E-state index is 11.9. The summed E-state index contributed by atoms with van der Waals surface area (Å²) < 4.78 is 5.07. The van der Waals surface area contributed by atoms with E-state index in [0.29, 0.717) is 0 Å². The minimum Gasteiger partial charge on any atom is -0.497 e. The first kappa shape index (κ1) is 15.4. The van der Waals surface area contributed by atoms with E-state index in [1.165, 1.54) is 11.8 Å². The number of nitrogens with two attached hydrogens (primary N) is 1. The summed E-state index contributed by atoms with van der Waals surface area (Å²) in [6.45, 7) is 3.84. The van der Waals surface area contributed by atoms with Crippen LogP contribution < -0.4 is 15.8 Å². The second kappa shape index (κ2) is 7.04. The van der Waals surface area contributed by atoms with Crippen molar-refractivity contribution >= 4 is 23.7 Å². The Bertz CT molecular complexity index is 446. The van der Waals surface area contributed by atoms with Crippen LogP contribution in [0.3, 0.4) is 0 Å². The summed E-state index contributed by atoms with van der Waals surface area (Å²) in [5.41, 5.74) is 4.97. The fraction of sp³-hybridized carbons (Fsp3) is 0.385. The van der Waals surface area contributed by atoms with Gasteiger partial charge < -0.3 is 10.5 Å². The summed E-state index contributed by atoms with van der Waals surface area (Å²) in [6, 6.07) is 6.57. The van der Waals surface area contributed by atoms with E-state index in [0.717, 1.165) is 10.6 Å². The SMILES string of the molecule is COc1ccc(SC(C(=O)NC(N)=O)C(C)C)cc1. The van der Waals surface area contributed by atoms with Crippen LogP contribution in [-0.4, -0.2) is 24.3 Å². The number of carbonyl (C=O) groups excluding carboxylic acids is 2. The molecule has 0 aliphatic rings. The summed E-state index contributed by atoms with van der Waals surface area (Å²) in [5.74, 6) is 0.460. The summed E-state index contributed by atoms with van der Waals surface area (Å²) in [4.78, 5) is 23.5. The van der Waals surface area contributed by atoms with Gasteiger partial charge >= 0.3 is 6.03 Å². The highest BCUT2D eigenvalue weighted by atomic mass is 32.2. The van der Waals surface area contributed by atoms with Gasteiger partial charge in [0.2, 0.25) is 5.91 Å². The number of imide groups is 1. The van der Waals surface area contributed by atoms with Crippen molar-refractivity contribution in [3.8, 4) is 5.75 Å². The molecule has 0 radical (unpaired) electrons. The van der Waals surface area contributed by atoms with Crippen LogP contribution in [0.4, 0.5) is 4.79 Å². The van der Waals surface area contributed by atoms with Crippen molar-refractivity contribution in [3.05, 3.63) is 24.3 Å². The van der Waals surface area contributed by atoms with E-state index >= 15 is 0 Å². The van der Waals surface area contributed by atoms with Crippen molar-refractivity contribution in [1.29, 1.82) is 0 Å². The monoisotopic (exact) mass is 282 g/mol. The van der Waals surface area contributed by atoms with Crippen LogP contribution in [0.5, 0.6) is 5.75 Å². The third-order valence-electron chi connectivity index (χ3n) is 2.43. The van der Waals surface area contributed by atoms with E-state index < -0.39 is 6.03 Å². The van der Waals surface area contributed by atoms with Gasteiger partial charge in [-0.25, -0.2) is 4.79 Å². The van der Waals surface area contributed by atoms with Gasteiger partial charge in [0, 0.05) is 4.90 Å². The zero-order valence-electron chi connectivity index (χ0n) is 11.2. The Morgan fingerprint density at radius 3 is 2.26 bits per heavy atom. The molecule has 3 N–H and O–H groups in total. The molecule has 0 spiro atoms. The molecule has 5 nitrogen and oxygen atoms in total. The number of rotatable bonds is 5. The molecule has 104 valence electrons. The lowest BCUT2D eigenvalue weighted by Crippen LogP contribution is -2.42. The van der Waals surface area contributed by atoms with Gasteiger partial charge in [-0.2, -0.15) is 0 Å². The highest BCUT2D eigenvalue weighted by Gasteiger charge is 2.24. The van der Waals surface area contributed by atoms with Gasteiger partial charge in [0.25, 0.3) is 0 Å². The number of methoxy groups -OCH3 is 1. The predicted molar refractivity (Wildman–Crippen MR) is 75.2 cm³/mol. The van der Waals surface area contributed by atoms with Crippen molar-refractivity contribution in [2.24, 2.45) is 11.7 Å². The molecule has 0 heterocycles. The van der Waals surface area contributed by atoms with Gasteiger partial charge in [-0.05, 0) is 30.2 Å². The van der Waals surface area contributed by atoms with Gasteiger partial charge in [0.15, 0.2) is 0 Å². The first-order valence-electron chi connectivity index (χ1n) is 5.85. The molecule has 1 aromatic carbocycles. The molecule has 0 aromatic heterocycles. The van der Waals surface area contributed by atoms with Crippen molar-refractivity contribution in [2.45, 2.75) is 24.0 Å². The molecule has 3 amide bonds. The van der Waals surface area contributed by atoms with Crippen LogP contribution in [0.15, 0.2) is 29.2 Å². The van der Waals surface area contributed by atoms with Gasteiger partial charge in [-0.1, -0.05) is 13.8 Å². The Labute approximate surface area is 116 Å². The molecule has 1 rings (SSSR count). The van der Waals surface area contributed by atoms with Crippen LogP contribution in [-0.2, 0) is 4.79 Å². The number of hydrogen-bond donors (Lipinski definition) is 2. The minimum atomic E-state index is -0.828. The molecule has 0 aliphatic carbocycles. The Morgan fingerprint density at radius 1 is 1.26 bits per heavy atom. The van der Waals surface area contributed by atoms with Crippen LogP contribution in [0.1, 0.15) is 13.8 Å². The van der Waals surface area contributed by atoms with Crippen molar-refractivity contribution in [1.82, 2.24) is 5.32 Å². The van der Waals surface area contributed by atoms with Crippen LogP contribution in [0.25, 0.3) is 0 Å². The Kier molecular flexibility index (Phi) is 5.69. The van der Waals surface area contributed by atoms with E-state index in [1.54, 1.807) is 7.11 Å². The third-order valence-corrected chi connectivity index (χ3v) is 3.99. The average Bonchev–Trinajstić information content (AvgIpc) is 2.35. The maximum absolute atomic E-state index is 11.9. The number of nitrogens with one attached hydrogen (secondary N) is 1. The molecular formula is C13H18N2O3S. The Balaban J connectivity index is 2.77. The van der Waals surface area contributed by atoms with E-state index in [2.05, 4.69) is 5.32 Å². The van der Waals surface area contributed by atoms with Crippen molar-refractivity contribution in [2.75, 3.05) is 7.11 Å². The number of hydrogen-bond acceptors (Lipinski definition) is 4. The van der Waals surface area contributed by atoms with Crippen LogP contribution in [0.2, 0.25) is 0 Å². The zero-order valence-corrected chi connectivity index (χ0v) is 12.0. The zero-order chi connectivity index (χ0) is 14.4. The molecule has 0 saturated carbocycles. The fourth-order valence-electron chi connectivity index (χ4n) is 1.49. The van der Waals surface area contributed by atoms with E-state index in [1.807, 2.05) is 38.1 Å². The van der Waals surface area contributed by atoms with Crippen molar-refractivity contribution < 1.29 is 14.3 Å². The van der Waals surface area contributed by atoms with Gasteiger partial charge in [-0.15, -0.1) is 11.8 Å². The lowest BCUT2D eigenvalue weighted by atomic mass is 10.1. The fourth-order valence-corrected chi connectivity index (χ4v) is 2.51. The molecule has 0 fully saturated rings. The summed E-state index contributed by atoms with van der Waals surface area (Å²) in [7, 11) is 1.60. The third kappa shape index (κ3) is 4.82. The van der Waals surface area contributed by atoms with E-state index in [-0.39, 0.29) is 17.1 Å². The molecule has 1 unspecified atom stereocenters.